The summed E-state index contributed by atoms with van der Waals surface area (Å²) in [5.41, 5.74) is -0.276. The number of carbonyl (C=O) groups is 3. The van der Waals surface area contributed by atoms with E-state index in [2.05, 4.69) is 48.6 Å². The summed E-state index contributed by atoms with van der Waals surface area (Å²) >= 11 is 0. The highest BCUT2D eigenvalue weighted by molar-refractivity contribution is 6.15. The Kier molecular flexibility index (Phi) is 9.53. The molecule has 2 radical (unpaired) electrons. The second-order valence-electron chi connectivity index (χ2n) is 10.4. The Bertz CT molecular complexity index is 1130. The first kappa shape index (κ1) is 28.7. The van der Waals surface area contributed by atoms with Crippen molar-refractivity contribution in [3.8, 4) is 11.8 Å². The fraction of sp³-hybridized carbons (Fsp3) is 0.520. The van der Waals surface area contributed by atoms with Crippen LogP contribution in [0.25, 0.3) is 10.9 Å². The molecule has 0 saturated carbocycles. The zero-order chi connectivity index (χ0) is 27.1. The highest BCUT2D eigenvalue weighted by atomic mass is 16.5. The van der Waals surface area contributed by atoms with E-state index in [0.29, 0.717) is 16.7 Å². The summed E-state index contributed by atoms with van der Waals surface area (Å²) in [7, 11) is 7.00. The van der Waals surface area contributed by atoms with Crippen molar-refractivity contribution in [3.05, 3.63) is 30.0 Å². The maximum atomic E-state index is 12.4. The van der Waals surface area contributed by atoms with Crippen molar-refractivity contribution in [1.29, 1.82) is 5.26 Å². The number of methoxy groups -OCH3 is 1. The van der Waals surface area contributed by atoms with Gasteiger partial charge in [0.1, 0.15) is 25.3 Å². The van der Waals surface area contributed by atoms with Crippen molar-refractivity contribution in [2.45, 2.75) is 58.6 Å². The van der Waals surface area contributed by atoms with E-state index in [1.165, 1.54) is 7.11 Å². The summed E-state index contributed by atoms with van der Waals surface area (Å²) < 4.78 is 5.26. The highest BCUT2D eigenvalue weighted by Crippen LogP contribution is 2.26. The van der Waals surface area contributed by atoms with E-state index in [9.17, 15) is 24.8 Å². The second-order valence-corrected chi connectivity index (χ2v) is 10.4. The summed E-state index contributed by atoms with van der Waals surface area (Å²) in [6, 6.07) is 7.98. The fourth-order valence-corrected chi connectivity index (χ4v) is 3.49. The number of hydrogen-bond acceptors (Lipinski definition) is 6. The number of benzene rings is 1. The minimum absolute atomic E-state index is 0.0694. The maximum absolute atomic E-state index is 12.4. The van der Waals surface area contributed by atoms with Gasteiger partial charge in [0.05, 0.1) is 25.3 Å². The van der Waals surface area contributed by atoms with Crippen LogP contribution in [0.2, 0.25) is 0 Å². The molecule has 36 heavy (non-hydrogen) atoms. The number of nitrogens with zero attached hydrogens (tertiary/aromatic N) is 1. The number of nitrogens with one attached hydrogen (secondary N) is 4. The number of fused-ring (bicyclic) bond motifs is 1. The van der Waals surface area contributed by atoms with Crippen LogP contribution in [0.3, 0.4) is 0 Å². The molecule has 2 heterocycles. The van der Waals surface area contributed by atoms with Crippen molar-refractivity contribution >= 4 is 36.5 Å². The van der Waals surface area contributed by atoms with E-state index in [1.807, 2.05) is 6.07 Å². The van der Waals surface area contributed by atoms with Crippen LogP contribution in [-0.4, -0.2) is 61.0 Å². The Morgan fingerprint density at radius 3 is 2.61 bits per heavy atom. The summed E-state index contributed by atoms with van der Waals surface area (Å²) in [5.74, 6) is -1.49. The van der Waals surface area contributed by atoms with Gasteiger partial charge in [-0.3, -0.25) is 14.4 Å². The molecule has 2 aromatic rings. The molecule has 1 aliphatic heterocycles. The number of ether oxygens (including phenoxy) is 1. The Balaban J connectivity index is 0.000000830. The number of carbonyl (C=O) groups excluding carboxylic acids is 3. The molecule has 1 aromatic carbocycles. The number of H-pyrrole nitrogens is 1. The maximum Gasteiger partial charge on any atom is 0.268 e. The average molecular weight is 495 g/mol. The molecule has 3 rings (SSSR count). The molecule has 1 unspecified atom stereocenters. The second kappa shape index (κ2) is 11.9. The standard InChI is InChI=1S/C20H22BN5O5.C5H12/c1-31-16-4-2-3-14-13(16)8-15(25-14)19(29)23-10-17(27)24-12(9-22)7-11-5-6-20(21,30)26-18(11)28;1-5(2,3)4/h2-4,8,11-12,25,30H,5-7,10H2,1H3,(H,23,29)(H,24,27)(H,26,28);1-4H3/t11-,12-,20?;/m0./s1. The number of rotatable bonds is 7. The molecular formula is C25H34BN5O5. The lowest BCUT2D eigenvalue weighted by Crippen LogP contribution is -2.56. The molecule has 3 amide bonds. The fourth-order valence-electron chi connectivity index (χ4n) is 3.49. The molecule has 10 nitrogen and oxygen atoms in total. The first-order valence-electron chi connectivity index (χ1n) is 11.7. The van der Waals surface area contributed by atoms with Crippen LogP contribution < -0.4 is 20.7 Å². The van der Waals surface area contributed by atoms with E-state index < -0.39 is 35.3 Å². The van der Waals surface area contributed by atoms with Crippen LogP contribution in [-0.2, 0) is 9.59 Å². The van der Waals surface area contributed by atoms with Gasteiger partial charge >= 0.3 is 0 Å². The van der Waals surface area contributed by atoms with Crippen LogP contribution in [0.15, 0.2) is 24.3 Å². The first-order valence-corrected chi connectivity index (χ1v) is 11.7. The van der Waals surface area contributed by atoms with Gasteiger partial charge in [-0.2, -0.15) is 5.26 Å². The molecule has 0 aliphatic carbocycles. The average Bonchev–Trinajstić information content (AvgIpc) is 3.21. The van der Waals surface area contributed by atoms with E-state index in [-0.39, 0.29) is 31.5 Å². The van der Waals surface area contributed by atoms with Gasteiger partial charge in [0.2, 0.25) is 11.8 Å². The summed E-state index contributed by atoms with van der Waals surface area (Å²) in [5, 5.41) is 26.9. The van der Waals surface area contributed by atoms with E-state index in [1.54, 1.807) is 24.3 Å². The van der Waals surface area contributed by atoms with Gasteiger partial charge in [-0.25, -0.2) is 0 Å². The van der Waals surface area contributed by atoms with Gasteiger partial charge in [-0.15, -0.1) is 0 Å². The minimum atomic E-state index is -1.75. The van der Waals surface area contributed by atoms with Crippen LogP contribution in [0.1, 0.15) is 57.4 Å². The normalized spacial score (nSPS) is 20.2. The zero-order valence-corrected chi connectivity index (χ0v) is 21.4. The van der Waals surface area contributed by atoms with E-state index in [4.69, 9.17) is 12.6 Å². The van der Waals surface area contributed by atoms with Crippen molar-refractivity contribution in [1.82, 2.24) is 20.9 Å². The topological polar surface area (TPSA) is 156 Å². The molecular weight excluding hydrogens is 461 g/mol. The number of aromatic nitrogens is 1. The number of aromatic amines is 1. The van der Waals surface area contributed by atoms with Gasteiger partial charge in [0.25, 0.3) is 5.91 Å². The molecule has 1 fully saturated rings. The molecule has 192 valence electrons. The SMILES string of the molecule is CC(C)(C)C.[B]C1(O)CC[C@@H](C[C@@H](C#N)NC(=O)CNC(=O)c2cc3c(OC)cccc3[nH]2)C(=O)N1. The third kappa shape index (κ3) is 8.93. The third-order valence-electron chi connectivity index (χ3n) is 5.09. The molecule has 1 aromatic heterocycles. The van der Waals surface area contributed by atoms with E-state index in [0.717, 1.165) is 5.39 Å². The van der Waals surface area contributed by atoms with E-state index >= 15 is 0 Å². The summed E-state index contributed by atoms with van der Waals surface area (Å²) in [6.45, 7) is 8.41. The molecule has 1 saturated heterocycles. The Morgan fingerprint density at radius 2 is 2.03 bits per heavy atom. The minimum Gasteiger partial charge on any atom is -0.496 e. The van der Waals surface area contributed by atoms with Crippen LogP contribution in [0, 0.1) is 22.7 Å². The van der Waals surface area contributed by atoms with Crippen LogP contribution in [0.4, 0.5) is 0 Å². The van der Waals surface area contributed by atoms with Crippen molar-refractivity contribution in [3.63, 3.8) is 0 Å². The number of aliphatic hydroxyl groups is 1. The summed E-state index contributed by atoms with van der Waals surface area (Å²) in [4.78, 5) is 39.5. The predicted molar refractivity (Wildman–Crippen MR) is 136 cm³/mol. The lowest BCUT2D eigenvalue weighted by molar-refractivity contribution is -0.134. The Labute approximate surface area is 212 Å². The molecule has 5 N–H and O–H groups in total. The Morgan fingerprint density at radius 1 is 1.36 bits per heavy atom. The largest absolute Gasteiger partial charge is 0.496 e. The van der Waals surface area contributed by atoms with Crippen LogP contribution >= 0.6 is 0 Å². The van der Waals surface area contributed by atoms with Crippen molar-refractivity contribution < 1.29 is 24.2 Å². The van der Waals surface area contributed by atoms with Gasteiger partial charge in [-0.05, 0) is 42.9 Å². The number of piperidine rings is 1. The molecule has 1 aliphatic rings. The number of hydrogen-bond donors (Lipinski definition) is 5. The lowest BCUT2D eigenvalue weighted by atomic mass is 9.78. The molecule has 3 atom stereocenters. The van der Waals surface area contributed by atoms with Crippen LogP contribution in [0.5, 0.6) is 5.75 Å². The lowest BCUT2D eigenvalue weighted by Gasteiger charge is -2.35. The molecule has 0 bridgehead atoms. The molecule has 11 heteroatoms. The van der Waals surface area contributed by atoms with Gasteiger partial charge < -0.3 is 30.8 Å². The van der Waals surface area contributed by atoms with Gasteiger partial charge in [-0.1, -0.05) is 33.8 Å². The van der Waals surface area contributed by atoms with Gasteiger partial charge in [0.15, 0.2) is 0 Å². The zero-order valence-electron chi connectivity index (χ0n) is 21.4. The molecule has 0 spiro atoms. The monoisotopic (exact) mass is 495 g/mol. The third-order valence-corrected chi connectivity index (χ3v) is 5.09. The highest BCUT2D eigenvalue weighted by Gasteiger charge is 2.35. The Hall–Kier alpha value is -3.52. The quantitative estimate of drug-likeness (QED) is 0.368. The van der Waals surface area contributed by atoms with Crippen molar-refractivity contribution in [2.75, 3.05) is 13.7 Å². The first-order chi connectivity index (χ1) is 16.7. The summed E-state index contributed by atoms with van der Waals surface area (Å²) in [6.07, 6.45) is 0.494. The number of amides is 3. The van der Waals surface area contributed by atoms with Crippen molar-refractivity contribution in [2.24, 2.45) is 11.3 Å². The predicted octanol–water partition coefficient (Wildman–Crippen LogP) is 1.70. The van der Waals surface area contributed by atoms with Gasteiger partial charge in [0, 0.05) is 16.8 Å². The number of nitriles is 1. The smallest absolute Gasteiger partial charge is 0.268 e.